The summed E-state index contributed by atoms with van der Waals surface area (Å²) >= 11 is 0. The lowest BCUT2D eigenvalue weighted by Crippen LogP contribution is -2.26. The van der Waals surface area contributed by atoms with Crippen LogP contribution in [-0.2, 0) is 4.74 Å². The number of hydrogen-bond acceptors (Lipinski definition) is 6. The zero-order valence-corrected chi connectivity index (χ0v) is 16.0. The second-order valence-corrected chi connectivity index (χ2v) is 7.06. The number of anilines is 2. The van der Waals surface area contributed by atoms with Gasteiger partial charge in [0, 0.05) is 36.9 Å². The Morgan fingerprint density at radius 1 is 1.36 bits per heavy atom. The van der Waals surface area contributed by atoms with Crippen LogP contribution < -0.4 is 16.4 Å². The molecule has 0 bridgehead atoms. The van der Waals surface area contributed by atoms with Crippen molar-refractivity contribution in [2.24, 2.45) is 0 Å². The van der Waals surface area contributed by atoms with Gasteiger partial charge in [-0.15, -0.1) is 0 Å². The number of aryl methyl sites for hydroxylation is 1. The second kappa shape index (κ2) is 7.47. The SMILES string of the molecule is COCCNc1cc(N)nc2c(-c3ccc(C(=O)NC4CC4)c(C)c3)cnn12. The molecule has 1 aliphatic rings. The first-order valence-corrected chi connectivity index (χ1v) is 9.36. The molecule has 0 spiro atoms. The van der Waals surface area contributed by atoms with Crippen molar-refractivity contribution in [3.8, 4) is 11.1 Å². The molecule has 2 aromatic heterocycles. The lowest BCUT2D eigenvalue weighted by Gasteiger charge is -2.10. The average molecular weight is 380 g/mol. The minimum atomic E-state index is -0.0154. The molecule has 1 saturated carbocycles. The Balaban J connectivity index is 1.67. The van der Waals surface area contributed by atoms with Crippen molar-refractivity contribution in [2.45, 2.75) is 25.8 Å². The molecule has 8 heteroatoms. The van der Waals surface area contributed by atoms with Crippen molar-refractivity contribution in [1.82, 2.24) is 19.9 Å². The fourth-order valence-electron chi connectivity index (χ4n) is 3.17. The van der Waals surface area contributed by atoms with Crippen molar-refractivity contribution in [3.63, 3.8) is 0 Å². The van der Waals surface area contributed by atoms with Crippen LogP contribution in [0.1, 0.15) is 28.8 Å². The Kier molecular flexibility index (Phi) is 4.87. The highest BCUT2D eigenvalue weighted by Crippen LogP contribution is 2.28. The molecule has 3 aromatic rings. The molecule has 1 fully saturated rings. The van der Waals surface area contributed by atoms with Gasteiger partial charge in [0.2, 0.25) is 0 Å². The molecule has 0 atom stereocenters. The highest BCUT2D eigenvalue weighted by molar-refractivity contribution is 5.97. The quantitative estimate of drug-likeness (QED) is 0.543. The summed E-state index contributed by atoms with van der Waals surface area (Å²) in [5.74, 6) is 1.15. The van der Waals surface area contributed by atoms with Crippen LogP contribution in [0.4, 0.5) is 11.6 Å². The average Bonchev–Trinajstić information content (AvgIpc) is 3.37. The molecule has 4 rings (SSSR count). The summed E-state index contributed by atoms with van der Waals surface area (Å²) in [5.41, 5.74) is 10.1. The van der Waals surface area contributed by atoms with Crippen LogP contribution in [0.2, 0.25) is 0 Å². The van der Waals surface area contributed by atoms with Gasteiger partial charge >= 0.3 is 0 Å². The van der Waals surface area contributed by atoms with Crippen LogP contribution in [0.15, 0.2) is 30.5 Å². The fraction of sp³-hybridized carbons (Fsp3) is 0.350. The van der Waals surface area contributed by atoms with Crippen molar-refractivity contribution in [2.75, 3.05) is 31.3 Å². The molecular formula is C20H24N6O2. The van der Waals surface area contributed by atoms with Gasteiger partial charge in [-0.25, -0.2) is 4.98 Å². The number of nitrogens with one attached hydrogen (secondary N) is 2. The largest absolute Gasteiger partial charge is 0.384 e. The summed E-state index contributed by atoms with van der Waals surface area (Å²) in [6.45, 7) is 3.14. The van der Waals surface area contributed by atoms with Crippen molar-refractivity contribution in [3.05, 3.63) is 41.6 Å². The predicted molar refractivity (Wildman–Crippen MR) is 108 cm³/mol. The summed E-state index contributed by atoms with van der Waals surface area (Å²) in [5, 5.41) is 10.8. The Bertz CT molecular complexity index is 1020. The second-order valence-electron chi connectivity index (χ2n) is 7.06. The molecule has 0 aliphatic heterocycles. The zero-order valence-electron chi connectivity index (χ0n) is 16.0. The highest BCUT2D eigenvalue weighted by atomic mass is 16.5. The third-order valence-corrected chi connectivity index (χ3v) is 4.80. The third-order valence-electron chi connectivity index (χ3n) is 4.80. The number of fused-ring (bicyclic) bond motifs is 1. The maximum Gasteiger partial charge on any atom is 0.251 e. The lowest BCUT2D eigenvalue weighted by atomic mass is 10.0. The number of benzene rings is 1. The first-order chi connectivity index (χ1) is 13.6. The number of amides is 1. The number of nitrogen functional groups attached to an aromatic ring is 1. The Hall–Kier alpha value is -3.13. The van der Waals surface area contributed by atoms with Gasteiger partial charge in [-0.2, -0.15) is 9.61 Å². The van der Waals surface area contributed by atoms with Crippen LogP contribution in [0.25, 0.3) is 16.8 Å². The molecule has 8 nitrogen and oxygen atoms in total. The molecular weight excluding hydrogens is 356 g/mol. The summed E-state index contributed by atoms with van der Waals surface area (Å²) < 4.78 is 6.81. The Labute approximate surface area is 163 Å². The predicted octanol–water partition coefficient (Wildman–Crippen LogP) is 2.24. The van der Waals surface area contributed by atoms with E-state index in [9.17, 15) is 4.79 Å². The number of carbonyl (C=O) groups excluding carboxylic acids is 1. The van der Waals surface area contributed by atoms with E-state index in [2.05, 4.69) is 20.7 Å². The summed E-state index contributed by atoms with van der Waals surface area (Å²) in [4.78, 5) is 16.8. The van der Waals surface area contributed by atoms with Crippen molar-refractivity contribution in [1.29, 1.82) is 0 Å². The van der Waals surface area contributed by atoms with Gasteiger partial charge in [0.25, 0.3) is 5.91 Å². The molecule has 146 valence electrons. The molecule has 1 aliphatic carbocycles. The van der Waals surface area contributed by atoms with Gasteiger partial charge in [0.15, 0.2) is 5.65 Å². The monoisotopic (exact) mass is 380 g/mol. The van der Waals surface area contributed by atoms with Gasteiger partial charge in [-0.1, -0.05) is 12.1 Å². The van der Waals surface area contributed by atoms with E-state index in [0.717, 1.165) is 35.3 Å². The first-order valence-electron chi connectivity index (χ1n) is 9.36. The van der Waals surface area contributed by atoms with Gasteiger partial charge in [-0.05, 0) is 37.0 Å². The van der Waals surface area contributed by atoms with Crippen molar-refractivity contribution >= 4 is 23.2 Å². The molecule has 28 heavy (non-hydrogen) atoms. The summed E-state index contributed by atoms with van der Waals surface area (Å²) in [6.07, 6.45) is 3.90. The molecule has 0 unspecified atom stereocenters. The maximum atomic E-state index is 12.4. The number of carbonyl (C=O) groups is 1. The number of methoxy groups -OCH3 is 1. The number of nitrogens with zero attached hydrogens (tertiary/aromatic N) is 3. The van der Waals surface area contributed by atoms with E-state index < -0.39 is 0 Å². The normalized spacial score (nSPS) is 13.6. The zero-order chi connectivity index (χ0) is 19.7. The van der Waals surface area contributed by atoms with Crippen LogP contribution >= 0.6 is 0 Å². The molecule has 1 aromatic carbocycles. The van der Waals surface area contributed by atoms with Crippen molar-refractivity contribution < 1.29 is 9.53 Å². The summed E-state index contributed by atoms with van der Waals surface area (Å²) in [7, 11) is 1.65. The van der Waals surface area contributed by atoms with E-state index in [1.165, 1.54) is 0 Å². The van der Waals surface area contributed by atoms with Crippen LogP contribution in [0.5, 0.6) is 0 Å². The molecule has 0 saturated heterocycles. The van der Waals surface area contributed by atoms with Crippen LogP contribution in [-0.4, -0.2) is 46.8 Å². The van der Waals surface area contributed by atoms with Crippen LogP contribution in [0.3, 0.4) is 0 Å². The van der Waals surface area contributed by atoms with E-state index in [0.29, 0.717) is 36.2 Å². The number of ether oxygens (including phenoxy) is 1. The molecule has 2 heterocycles. The van der Waals surface area contributed by atoms with E-state index in [1.54, 1.807) is 23.9 Å². The van der Waals surface area contributed by atoms with Gasteiger partial charge in [0.05, 0.1) is 12.8 Å². The Morgan fingerprint density at radius 2 is 2.18 bits per heavy atom. The van der Waals surface area contributed by atoms with E-state index in [1.807, 2.05) is 25.1 Å². The number of nitrogens with two attached hydrogens (primary N) is 1. The third kappa shape index (κ3) is 3.63. The van der Waals surface area contributed by atoms with Gasteiger partial charge < -0.3 is 21.1 Å². The first kappa shape index (κ1) is 18.2. The standard InChI is InChI=1S/C20H24N6O2/c1-12-9-13(3-6-15(12)20(27)24-14-4-5-14)16-11-23-26-18(22-7-8-28-2)10-17(21)25-19(16)26/h3,6,9-11,14,22H,4-5,7-8H2,1-2H3,(H2,21,25)(H,24,27). The van der Waals surface area contributed by atoms with E-state index in [4.69, 9.17) is 10.5 Å². The van der Waals surface area contributed by atoms with Crippen LogP contribution in [0, 0.1) is 6.92 Å². The number of aromatic nitrogens is 3. The molecule has 0 radical (unpaired) electrons. The molecule has 1 amide bonds. The Morgan fingerprint density at radius 3 is 2.89 bits per heavy atom. The minimum Gasteiger partial charge on any atom is -0.384 e. The number of rotatable bonds is 7. The smallest absolute Gasteiger partial charge is 0.251 e. The number of hydrogen-bond donors (Lipinski definition) is 3. The summed E-state index contributed by atoms with van der Waals surface area (Å²) in [6, 6.07) is 7.85. The topological polar surface area (TPSA) is 107 Å². The minimum absolute atomic E-state index is 0.0154. The van der Waals surface area contributed by atoms with Gasteiger partial charge in [-0.3, -0.25) is 4.79 Å². The maximum absolute atomic E-state index is 12.4. The van der Waals surface area contributed by atoms with Gasteiger partial charge in [0.1, 0.15) is 11.6 Å². The fourth-order valence-corrected chi connectivity index (χ4v) is 3.17. The molecule has 4 N–H and O–H groups in total. The van der Waals surface area contributed by atoms with E-state index >= 15 is 0 Å². The van der Waals surface area contributed by atoms with E-state index in [-0.39, 0.29) is 5.91 Å². The lowest BCUT2D eigenvalue weighted by molar-refractivity contribution is 0.0950. The highest BCUT2D eigenvalue weighted by Gasteiger charge is 2.24.